The summed E-state index contributed by atoms with van der Waals surface area (Å²) in [6.07, 6.45) is 1.98. The van der Waals surface area contributed by atoms with Gasteiger partial charge in [0.15, 0.2) is 0 Å². The van der Waals surface area contributed by atoms with Crippen molar-refractivity contribution in [2.75, 3.05) is 0 Å². The van der Waals surface area contributed by atoms with Crippen LogP contribution < -0.4 is 4.72 Å². The lowest BCUT2D eigenvalue weighted by molar-refractivity contribution is -0.143. The van der Waals surface area contributed by atoms with Crippen molar-refractivity contribution < 1.29 is 22.7 Å². The van der Waals surface area contributed by atoms with Crippen LogP contribution in [0.4, 0.5) is 0 Å². The highest BCUT2D eigenvalue weighted by molar-refractivity contribution is 9.10. The molecule has 0 saturated heterocycles. The number of halogens is 1. The maximum absolute atomic E-state index is 12.8. The van der Waals surface area contributed by atoms with Crippen LogP contribution in [-0.4, -0.2) is 25.0 Å². The molecule has 8 heteroatoms. The van der Waals surface area contributed by atoms with Gasteiger partial charge in [0.05, 0.1) is 4.90 Å². The molecule has 0 amide bonds. The summed E-state index contributed by atoms with van der Waals surface area (Å²) in [7, 11) is -3.98. The molecule has 1 aromatic heterocycles. The lowest BCUT2D eigenvalue weighted by Gasteiger charge is -2.25. The number of hydrogen-bond acceptors (Lipinski definition) is 4. The molecule has 2 aromatic carbocycles. The van der Waals surface area contributed by atoms with Crippen LogP contribution in [-0.2, 0) is 14.8 Å². The Bertz CT molecular complexity index is 1130. The molecule has 0 aliphatic heterocycles. The molecule has 0 radical (unpaired) electrons. The summed E-state index contributed by atoms with van der Waals surface area (Å²) in [5, 5.41) is 11.0. The topological polar surface area (TPSA) is 96.6 Å². The third-order valence-electron chi connectivity index (χ3n) is 4.91. The Morgan fingerprint density at radius 2 is 1.81 bits per heavy atom. The van der Waals surface area contributed by atoms with Crippen molar-refractivity contribution in [2.45, 2.75) is 36.1 Å². The highest BCUT2D eigenvalue weighted by Gasteiger charge is 2.44. The lowest BCUT2D eigenvalue weighted by atomic mass is 10.0. The van der Waals surface area contributed by atoms with Crippen molar-refractivity contribution in [3.8, 4) is 0 Å². The van der Waals surface area contributed by atoms with Crippen molar-refractivity contribution in [3.05, 3.63) is 40.9 Å². The van der Waals surface area contributed by atoms with Crippen molar-refractivity contribution >= 4 is 53.9 Å². The first-order valence-corrected chi connectivity index (χ1v) is 10.5. The number of aliphatic carboxylic acids is 1. The minimum atomic E-state index is -3.98. The second-order valence-electron chi connectivity index (χ2n) is 6.60. The average molecular weight is 438 g/mol. The maximum Gasteiger partial charge on any atom is 0.324 e. The standard InChI is InChI=1S/C18H16BrNO5S/c19-11-3-5-13-14-10-12(4-6-15(14)25-16(13)9-11)26(23,24)20-18(17(21)22)7-1-2-8-18/h3-6,9-10,20H,1-2,7-8H2,(H,21,22). The number of fused-ring (bicyclic) bond motifs is 3. The number of carboxylic acids is 1. The van der Waals surface area contributed by atoms with Crippen LogP contribution in [0.2, 0.25) is 0 Å². The van der Waals surface area contributed by atoms with E-state index in [1.54, 1.807) is 6.07 Å². The molecule has 6 nitrogen and oxygen atoms in total. The zero-order chi connectivity index (χ0) is 18.5. The van der Waals surface area contributed by atoms with Gasteiger partial charge in [-0.15, -0.1) is 0 Å². The minimum absolute atomic E-state index is 0.0307. The Hall–Kier alpha value is -1.90. The third kappa shape index (κ3) is 2.82. The van der Waals surface area contributed by atoms with Crippen LogP contribution >= 0.6 is 15.9 Å². The zero-order valence-corrected chi connectivity index (χ0v) is 16.1. The first-order chi connectivity index (χ1) is 12.3. The molecule has 0 atom stereocenters. The summed E-state index contributed by atoms with van der Waals surface area (Å²) < 4.78 is 34.7. The lowest BCUT2D eigenvalue weighted by Crippen LogP contribution is -2.52. The number of nitrogens with one attached hydrogen (secondary N) is 1. The third-order valence-corrected chi connectivity index (χ3v) is 6.94. The van der Waals surface area contributed by atoms with Crippen molar-refractivity contribution in [2.24, 2.45) is 0 Å². The Morgan fingerprint density at radius 3 is 2.50 bits per heavy atom. The SMILES string of the molecule is O=C(O)C1(NS(=O)(=O)c2ccc3oc4cc(Br)ccc4c3c2)CCCC1. The van der Waals surface area contributed by atoms with E-state index in [1.165, 1.54) is 12.1 Å². The van der Waals surface area contributed by atoms with Crippen LogP contribution in [0, 0.1) is 0 Å². The maximum atomic E-state index is 12.8. The second kappa shape index (κ2) is 6.07. The van der Waals surface area contributed by atoms with E-state index < -0.39 is 21.5 Å². The largest absolute Gasteiger partial charge is 0.480 e. The molecule has 1 aliphatic rings. The summed E-state index contributed by atoms with van der Waals surface area (Å²) in [4.78, 5) is 11.7. The minimum Gasteiger partial charge on any atom is -0.480 e. The summed E-state index contributed by atoms with van der Waals surface area (Å²) in [5.74, 6) is -1.13. The number of sulfonamides is 1. The number of rotatable bonds is 4. The van der Waals surface area contributed by atoms with E-state index in [1.807, 2.05) is 18.2 Å². The van der Waals surface area contributed by atoms with Gasteiger partial charge in [0.1, 0.15) is 16.7 Å². The molecule has 0 bridgehead atoms. The fourth-order valence-corrected chi connectivity index (χ4v) is 5.34. The van der Waals surface area contributed by atoms with E-state index in [0.29, 0.717) is 42.2 Å². The normalized spacial score (nSPS) is 17.1. The first-order valence-electron chi connectivity index (χ1n) is 8.20. The molecule has 0 unspecified atom stereocenters. The molecule has 0 spiro atoms. The van der Waals surface area contributed by atoms with Crippen LogP contribution in [0.3, 0.4) is 0 Å². The molecule has 1 saturated carbocycles. The van der Waals surface area contributed by atoms with Crippen molar-refractivity contribution in [1.29, 1.82) is 0 Å². The molecule has 2 N–H and O–H groups in total. The van der Waals surface area contributed by atoms with Crippen LogP contribution in [0.1, 0.15) is 25.7 Å². The number of benzene rings is 2. The molecular weight excluding hydrogens is 422 g/mol. The Balaban J connectivity index is 1.80. The van der Waals surface area contributed by atoms with Gasteiger partial charge >= 0.3 is 5.97 Å². The smallest absolute Gasteiger partial charge is 0.324 e. The monoisotopic (exact) mass is 437 g/mol. The second-order valence-corrected chi connectivity index (χ2v) is 9.20. The molecular formula is C18H16BrNO5S. The van der Waals surface area contributed by atoms with E-state index in [2.05, 4.69) is 20.7 Å². The molecule has 1 fully saturated rings. The van der Waals surface area contributed by atoms with E-state index in [-0.39, 0.29) is 4.90 Å². The van der Waals surface area contributed by atoms with E-state index in [4.69, 9.17) is 4.42 Å². The van der Waals surface area contributed by atoms with Crippen molar-refractivity contribution in [1.82, 2.24) is 4.72 Å². The number of carbonyl (C=O) groups is 1. The molecule has 4 rings (SSSR count). The number of furan rings is 1. The first kappa shape index (κ1) is 17.5. The molecule has 26 heavy (non-hydrogen) atoms. The van der Waals surface area contributed by atoms with Gasteiger partial charge in [-0.3, -0.25) is 4.79 Å². The molecule has 136 valence electrons. The summed E-state index contributed by atoms with van der Waals surface area (Å²) in [6, 6.07) is 10.1. The highest BCUT2D eigenvalue weighted by Crippen LogP contribution is 2.34. The van der Waals surface area contributed by atoms with Gasteiger partial charge in [-0.1, -0.05) is 28.8 Å². The molecule has 1 aliphatic carbocycles. The predicted molar refractivity (Wildman–Crippen MR) is 101 cm³/mol. The fourth-order valence-electron chi connectivity index (χ4n) is 3.55. The van der Waals surface area contributed by atoms with Crippen LogP contribution in [0.5, 0.6) is 0 Å². The summed E-state index contributed by atoms with van der Waals surface area (Å²) in [5.41, 5.74) is -0.197. The average Bonchev–Trinajstić information content (AvgIpc) is 3.18. The summed E-state index contributed by atoms with van der Waals surface area (Å²) in [6.45, 7) is 0. The quantitative estimate of drug-likeness (QED) is 0.642. The van der Waals surface area contributed by atoms with Gasteiger partial charge in [-0.25, -0.2) is 8.42 Å². The number of hydrogen-bond donors (Lipinski definition) is 2. The summed E-state index contributed by atoms with van der Waals surface area (Å²) >= 11 is 3.38. The van der Waals surface area contributed by atoms with Gasteiger partial charge in [0, 0.05) is 15.2 Å². The van der Waals surface area contributed by atoms with Gasteiger partial charge in [-0.2, -0.15) is 4.72 Å². The fraction of sp³-hybridized carbons (Fsp3) is 0.278. The van der Waals surface area contributed by atoms with Crippen LogP contribution in [0.15, 0.2) is 50.2 Å². The van der Waals surface area contributed by atoms with Gasteiger partial charge < -0.3 is 9.52 Å². The van der Waals surface area contributed by atoms with E-state index >= 15 is 0 Å². The van der Waals surface area contributed by atoms with Gasteiger partial charge in [0.2, 0.25) is 10.0 Å². The highest BCUT2D eigenvalue weighted by atomic mass is 79.9. The van der Waals surface area contributed by atoms with E-state index in [0.717, 1.165) is 9.86 Å². The molecule has 1 heterocycles. The van der Waals surface area contributed by atoms with Crippen molar-refractivity contribution in [3.63, 3.8) is 0 Å². The van der Waals surface area contributed by atoms with Crippen LogP contribution in [0.25, 0.3) is 21.9 Å². The zero-order valence-electron chi connectivity index (χ0n) is 13.7. The Labute approximate surface area is 158 Å². The molecule has 3 aromatic rings. The number of carboxylic acid groups (broad SMARTS) is 1. The van der Waals surface area contributed by atoms with E-state index in [9.17, 15) is 18.3 Å². The predicted octanol–water partition coefficient (Wildman–Crippen LogP) is 4.02. The Morgan fingerprint density at radius 1 is 1.08 bits per heavy atom. The van der Waals surface area contributed by atoms with Gasteiger partial charge in [0.25, 0.3) is 0 Å². The Kier molecular flexibility index (Phi) is 4.09. The van der Waals surface area contributed by atoms with Gasteiger partial charge in [-0.05, 0) is 49.2 Å².